The monoisotopic (exact) mass is 377 g/mol. The number of rotatable bonds is 8. The Morgan fingerprint density at radius 1 is 1.08 bits per heavy atom. The Hall–Kier alpha value is -2.12. The molecule has 3 aromatic rings. The summed E-state index contributed by atoms with van der Waals surface area (Å²) in [6.07, 6.45) is -0.730. The summed E-state index contributed by atoms with van der Waals surface area (Å²) in [6.45, 7) is 1.47. The summed E-state index contributed by atoms with van der Waals surface area (Å²) in [5.74, 6) is 0.789. The summed E-state index contributed by atoms with van der Waals surface area (Å²) in [5, 5.41) is 26.8. The number of halogens is 1. The number of hydrogen-bond donors (Lipinski definition) is 4. The van der Waals surface area contributed by atoms with Crippen LogP contribution in [0.1, 0.15) is 0 Å². The van der Waals surface area contributed by atoms with Gasteiger partial charge in [0.05, 0.1) is 36.5 Å². The highest BCUT2D eigenvalue weighted by Gasteiger charge is 2.10. The van der Waals surface area contributed by atoms with Crippen molar-refractivity contribution in [2.45, 2.75) is 6.10 Å². The lowest BCUT2D eigenvalue weighted by Crippen LogP contribution is -2.32. The summed E-state index contributed by atoms with van der Waals surface area (Å²) >= 11 is 0. The average molecular weight is 378 g/mol. The van der Waals surface area contributed by atoms with Crippen LogP contribution >= 0.6 is 12.4 Å². The van der Waals surface area contributed by atoms with Gasteiger partial charge in [0.1, 0.15) is 5.75 Å². The first kappa shape index (κ1) is 20.2. The highest BCUT2D eigenvalue weighted by Crippen LogP contribution is 2.32. The smallest absolute Gasteiger partial charge is 0.119 e. The third kappa shape index (κ3) is 4.53. The van der Waals surface area contributed by atoms with Crippen LogP contribution in [0.15, 0.2) is 42.5 Å². The van der Waals surface area contributed by atoms with Crippen LogP contribution in [0.2, 0.25) is 0 Å². The molecule has 0 spiro atoms. The number of nitrogens with one attached hydrogen (secondary N) is 2. The van der Waals surface area contributed by atoms with Crippen molar-refractivity contribution in [1.29, 1.82) is 0 Å². The maximum Gasteiger partial charge on any atom is 0.119 e. The van der Waals surface area contributed by atoms with E-state index in [0.717, 1.165) is 33.2 Å². The van der Waals surface area contributed by atoms with Gasteiger partial charge in [0.15, 0.2) is 0 Å². The van der Waals surface area contributed by atoms with Gasteiger partial charge in [-0.05, 0) is 24.3 Å². The maximum atomic E-state index is 9.36. The van der Waals surface area contributed by atoms with Crippen molar-refractivity contribution in [2.75, 3.05) is 38.7 Å². The molecule has 1 unspecified atom stereocenters. The largest absolute Gasteiger partial charge is 0.497 e. The second-order valence-corrected chi connectivity index (χ2v) is 5.85. The fourth-order valence-electron chi connectivity index (χ4n) is 2.80. The molecule has 0 bridgehead atoms. The Labute approximate surface area is 158 Å². The van der Waals surface area contributed by atoms with Crippen molar-refractivity contribution >= 4 is 39.9 Å². The quantitative estimate of drug-likeness (QED) is 0.355. The van der Waals surface area contributed by atoms with Crippen LogP contribution in [-0.2, 0) is 0 Å². The van der Waals surface area contributed by atoms with E-state index in [4.69, 9.17) is 14.8 Å². The van der Waals surface area contributed by atoms with Crippen molar-refractivity contribution in [3.05, 3.63) is 42.5 Å². The van der Waals surface area contributed by atoms with Crippen molar-refractivity contribution in [3.8, 4) is 5.75 Å². The molecule has 3 rings (SSSR count). The topological polar surface area (TPSA) is 86.6 Å². The van der Waals surface area contributed by atoms with Gasteiger partial charge in [0.2, 0.25) is 0 Å². The lowest BCUT2D eigenvalue weighted by Gasteiger charge is -2.15. The van der Waals surface area contributed by atoms with E-state index < -0.39 is 6.10 Å². The number of anilines is 1. The minimum absolute atomic E-state index is 0. The Kier molecular flexibility index (Phi) is 7.41. The number of ether oxygens (including phenoxy) is 1. The minimum atomic E-state index is -0.730. The van der Waals surface area contributed by atoms with Crippen LogP contribution in [0.4, 0.5) is 5.69 Å². The third-order valence-electron chi connectivity index (χ3n) is 4.08. The van der Waals surface area contributed by atoms with E-state index in [1.165, 1.54) is 0 Å². The lowest BCUT2D eigenvalue weighted by atomic mass is 10.1. The number of aliphatic hydroxyl groups is 2. The highest BCUT2D eigenvalue weighted by molar-refractivity contribution is 6.07. The molecule has 7 heteroatoms. The van der Waals surface area contributed by atoms with Gasteiger partial charge in [-0.15, -0.1) is 12.4 Å². The summed E-state index contributed by atoms with van der Waals surface area (Å²) in [6, 6.07) is 13.9. The molecular formula is C19H24ClN3O3. The molecule has 1 atom stereocenters. The van der Waals surface area contributed by atoms with E-state index in [1.807, 2.05) is 42.5 Å². The number of benzene rings is 2. The number of aromatic nitrogens is 1. The predicted molar refractivity (Wildman–Crippen MR) is 108 cm³/mol. The zero-order valence-corrected chi connectivity index (χ0v) is 15.4. The van der Waals surface area contributed by atoms with E-state index in [0.29, 0.717) is 19.6 Å². The van der Waals surface area contributed by atoms with Gasteiger partial charge in [-0.2, -0.15) is 0 Å². The molecule has 0 aliphatic heterocycles. The average Bonchev–Trinajstić information content (AvgIpc) is 2.66. The third-order valence-corrected chi connectivity index (χ3v) is 4.08. The van der Waals surface area contributed by atoms with Gasteiger partial charge in [-0.25, -0.2) is 4.98 Å². The Morgan fingerprint density at radius 2 is 1.85 bits per heavy atom. The molecule has 140 valence electrons. The number of fused-ring (bicyclic) bond motifs is 2. The molecule has 0 radical (unpaired) electrons. The van der Waals surface area contributed by atoms with Gasteiger partial charge in [0, 0.05) is 30.4 Å². The Bertz CT molecular complexity index is 860. The fourth-order valence-corrected chi connectivity index (χ4v) is 2.80. The highest BCUT2D eigenvalue weighted by atomic mass is 35.5. The number of methoxy groups -OCH3 is 1. The standard InChI is InChI=1S/C19H23N3O3.ClH/c1-25-14-6-7-18-16(10-14)19(15-4-2-3-5-17(15)22-18)21-9-8-20-11-13(24)12-23;/h2-7,10,13,20,23-24H,8-9,11-12H2,1H3,(H,21,22);1H. The van der Waals surface area contributed by atoms with Gasteiger partial charge < -0.3 is 25.6 Å². The molecule has 0 amide bonds. The first-order valence-corrected chi connectivity index (χ1v) is 8.33. The molecule has 0 saturated heterocycles. The van der Waals surface area contributed by atoms with Crippen molar-refractivity contribution < 1.29 is 14.9 Å². The van der Waals surface area contributed by atoms with Crippen LogP contribution in [0.25, 0.3) is 21.8 Å². The molecule has 0 aliphatic rings. The molecule has 1 heterocycles. The second-order valence-electron chi connectivity index (χ2n) is 5.85. The maximum absolute atomic E-state index is 9.36. The summed E-state index contributed by atoms with van der Waals surface area (Å²) in [7, 11) is 1.65. The normalized spacial score (nSPS) is 12.0. The number of para-hydroxylation sites is 1. The van der Waals surface area contributed by atoms with E-state index in [9.17, 15) is 5.11 Å². The van der Waals surface area contributed by atoms with Crippen molar-refractivity contribution in [3.63, 3.8) is 0 Å². The Morgan fingerprint density at radius 3 is 2.62 bits per heavy atom. The molecular weight excluding hydrogens is 354 g/mol. The van der Waals surface area contributed by atoms with Crippen LogP contribution in [0, 0.1) is 0 Å². The molecule has 1 aromatic heterocycles. The molecule has 2 aromatic carbocycles. The fraction of sp³-hybridized carbons (Fsp3) is 0.316. The van der Waals surface area contributed by atoms with Crippen LogP contribution < -0.4 is 15.4 Å². The van der Waals surface area contributed by atoms with Crippen molar-refractivity contribution in [1.82, 2.24) is 10.3 Å². The molecule has 4 N–H and O–H groups in total. The zero-order chi connectivity index (χ0) is 17.6. The van der Waals surface area contributed by atoms with E-state index >= 15 is 0 Å². The van der Waals surface area contributed by atoms with E-state index in [1.54, 1.807) is 7.11 Å². The second kappa shape index (κ2) is 9.54. The SMILES string of the molecule is COc1ccc2nc3ccccc3c(NCCNCC(O)CO)c2c1.Cl. The first-order valence-electron chi connectivity index (χ1n) is 8.33. The molecule has 6 nitrogen and oxygen atoms in total. The van der Waals surface area contributed by atoms with Crippen LogP contribution in [0.5, 0.6) is 5.75 Å². The number of hydrogen-bond acceptors (Lipinski definition) is 6. The minimum Gasteiger partial charge on any atom is -0.497 e. The van der Waals surface area contributed by atoms with E-state index in [2.05, 4.69) is 10.6 Å². The van der Waals surface area contributed by atoms with Gasteiger partial charge in [0.25, 0.3) is 0 Å². The van der Waals surface area contributed by atoms with Crippen LogP contribution in [0.3, 0.4) is 0 Å². The van der Waals surface area contributed by atoms with Crippen LogP contribution in [-0.4, -0.2) is 54.7 Å². The summed E-state index contributed by atoms with van der Waals surface area (Å²) < 4.78 is 5.35. The molecule has 0 fully saturated rings. The number of pyridine rings is 1. The molecule has 26 heavy (non-hydrogen) atoms. The zero-order valence-electron chi connectivity index (χ0n) is 14.6. The number of aliphatic hydroxyl groups excluding tert-OH is 2. The summed E-state index contributed by atoms with van der Waals surface area (Å²) in [4.78, 5) is 4.72. The van der Waals surface area contributed by atoms with Gasteiger partial charge in [-0.1, -0.05) is 18.2 Å². The van der Waals surface area contributed by atoms with Gasteiger partial charge >= 0.3 is 0 Å². The summed E-state index contributed by atoms with van der Waals surface area (Å²) in [5.41, 5.74) is 2.86. The lowest BCUT2D eigenvalue weighted by molar-refractivity contribution is 0.0949. The number of nitrogens with zero attached hydrogens (tertiary/aromatic N) is 1. The molecule has 0 aliphatic carbocycles. The molecule has 0 saturated carbocycles. The predicted octanol–water partition coefficient (Wildman–Crippen LogP) is 2.17. The van der Waals surface area contributed by atoms with Gasteiger partial charge in [-0.3, -0.25) is 0 Å². The van der Waals surface area contributed by atoms with E-state index in [-0.39, 0.29) is 19.0 Å². The first-order chi connectivity index (χ1) is 12.2. The Balaban J connectivity index is 0.00000243. The van der Waals surface area contributed by atoms with Crippen molar-refractivity contribution in [2.24, 2.45) is 0 Å².